The predicted molar refractivity (Wildman–Crippen MR) is 120 cm³/mol. The summed E-state index contributed by atoms with van der Waals surface area (Å²) in [6.45, 7) is 5.48. The third-order valence-corrected chi connectivity index (χ3v) is 6.64. The zero-order chi connectivity index (χ0) is 22.2. The molecule has 0 aromatic heterocycles. The number of hydrogen-bond acceptors (Lipinski definition) is 5. The second-order valence-corrected chi connectivity index (χ2v) is 10.3. The summed E-state index contributed by atoms with van der Waals surface area (Å²) in [5, 5.41) is 11.1. The number of carbonyl (C=O) groups is 2. The van der Waals surface area contributed by atoms with Crippen molar-refractivity contribution in [2.75, 3.05) is 5.32 Å². The fourth-order valence-electron chi connectivity index (χ4n) is 4.15. The third-order valence-electron chi connectivity index (χ3n) is 5.49. The fraction of sp³-hybridized carbons (Fsp3) is 0.478. The van der Waals surface area contributed by atoms with Gasteiger partial charge in [-0.25, -0.2) is 9.18 Å². The molecule has 1 fully saturated rings. The van der Waals surface area contributed by atoms with Crippen LogP contribution in [0.15, 0.2) is 35.2 Å². The average Bonchev–Trinajstić information content (AvgIpc) is 3.09. The number of benzene rings is 2. The Hall–Kier alpha value is -2.48. The molecule has 2 aliphatic rings. The molecular weight excluding hydrogens is 417 g/mol. The van der Waals surface area contributed by atoms with Crippen molar-refractivity contribution in [3.8, 4) is 0 Å². The molecule has 1 aliphatic carbocycles. The van der Waals surface area contributed by atoms with E-state index in [4.69, 9.17) is 4.74 Å². The Labute approximate surface area is 185 Å². The molecule has 2 aromatic carbocycles. The Bertz CT molecular complexity index is 1010. The molecule has 0 spiro atoms. The number of carbonyl (C=O) groups excluding carboxylic acids is 2. The van der Waals surface area contributed by atoms with Crippen molar-refractivity contribution in [3.63, 3.8) is 0 Å². The molecule has 31 heavy (non-hydrogen) atoms. The van der Waals surface area contributed by atoms with E-state index in [1.54, 1.807) is 6.07 Å². The zero-order valence-electron chi connectivity index (χ0n) is 18.0. The van der Waals surface area contributed by atoms with Crippen LogP contribution in [0.5, 0.6) is 0 Å². The molecule has 8 heteroatoms. The van der Waals surface area contributed by atoms with E-state index >= 15 is 0 Å². The monoisotopic (exact) mass is 445 g/mol. The summed E-state index contributed by atoms with van der Waals surface area (Å²) in [6, 6.07) is 8.47. The molecule has 1 aliphatic heterocycles. The molecular formula is C23H28FN3O3S. The minimum atomic E-state index is -0.550. The highest BCUT2D eigenvalue weighted by atomic mass is 32.2. The van der Waals surface area contributed by atoms with Crippen LogP contribution in [0.25, 0.3) is 10.8 Å². The number of fused-ring (bicyclic) bond motifs is 3. The number of halogens is 1. The van der Waals surface area contributed by atoms with Gasteiger partial charge in [0.25, 0.3) is 0 Å². The second-order valence-electron chi connectivity index (χ2n) is 9.17. The van der Waals surface area contributed by atoms with E-state index in [0.717, 1.165) is 40.6 Å². The number of anilines is 1. The van der Waals surface area contributed by atoms with E-state index in [0.29, 0.717) is 6.42 Å². The molecule has 2 aromatic rings. The Morgan fingerprint density at radius 1 is 1.16 bits per heavy atom. The van der Waals surface area contributed by atoms with Crippen molar-refractivity contribution >= 4 is 40.2 Å². The second kappa shape index (κ2) is 8.57. The van der Waals surface area contributed by atoms with Crippen molar-refractivity contribution < 1.29 is 18.7 Å². The van der Waals surface area contributed by atoms with Crippen LogP contribution in [0.4, 0.5) is 14.9 Å². The van der Waals surface area contributed by atoms with E-state index in [1.807, 2.05) is 32.9 Å². The maximum absolute atomic E-state index is 13.5. The molecule has 166 valence electrons. The molecule has 3 N–H and O–H groups in total. The first-order valence-corrected chi connectivity index (χ1v) is 11.5. The van der Waals surface area contributed by atoms with Gasteiger partial charge in [-0.2, -0.15) is 0 Å². The van der Waals surface area contributed by atoms with Gasteiger partial charge in [0.15, 0.2) is 5.50 Å². The minimum absolute atomic E-state index is 0.0242. The summed E-state index contributed by atoms with van der Waals surface area (Å²) in [6.07, 6.45) is 2.67. The number of amides is 2. The lowest BCUT2D eigenvalue weighted by molar-refractivity contribution is -0.126. The van der Waals surface area contributed by atoms with E-state index in [2.05, 4.69) is 16.0 Å². The van der Waals surface area contributed by atoms with E-state index in [-0.39, 0.29) is 29.2 Å². The summed E-state index contributed by atoms with van der Waals surface area (Å²) in [7, 11) is 0. The molecule has 0 bridgehead atoms. The summed E-state index contributed by atoms with van der Waals surface area (Å²) >= 11 is 1.53. The highest BCUT2D eigenvalue weighted by Crippen LogP contribution is 2.42. The van der Waals surface area contributed by atoms with Crippen LogP contribution < -0.4 is 16.0 Å². The molecule has 3 atom stereocenters. The van der Waals surface area contributed by atoms with Crippen molar-refractivity contribution in [1.29, 1.82) is 0 Å². The summed E-state index contributed by atoms with van der Waals surface area (Å²) in [5.41, 5.74) is 0.103. The first-order chi connectivity index (χ1) is 14.7. The van der Waals surface area contributed by atoms with E-state index in [9.17, 15) is 14.0 Å². The molecule has 2 amide bonds. The van der Waals surface area contributed by atoms with Gasteiger partial charge in [-0.1, -0.05) is 30.3 Å². The first kappa shape index (κ1) is 21.7. The van der Waals surface area contributed by atoms with Gasteiger partial charge in [0.05, 0.1) is 5.69 Å². The van der Waals surface area contributed by atoms with Crippen LogP contribution in [0, 0.1) is 11.7 Å². The number of alkyl carbamates (subject to hydrolysis) is 1. The van der Waals surface area contributed by atoms with Crippen LogP contribution in [-0.2, 0) is 9.53 Å². The van der Waals surface area contributed by atoms with Gasteiger partial charge in [-0.15, -0.1) is 0 Å². The first-order valence-electron chi connectivity index (χ1n) is 10.6. The molecule has 4 rings (SSSR count). The van der Waals surface area contributed by atoms with Crippen molar-refractivity contribution in [2.45, 2.75) is 68.5 Å². The Morgan fingerprint density at radius 2 is 1.97 bits per heavy atom. The molecule has 6 nitrogen and oxygen atoms in total. The molecule has 1 saturated carbocycles. The van der Waals surface area contributed by atoms with Gasteiger partial charge in [-0.3, -0.25) is 4.79 Å². The largest absolute Gasteiger partial charge is 0.444 e. The number of ether oxygens (including phenoxy) is 1. The van der Waals surface area contributed by atoms with Crippen LogP contribution in [0.3, 0.4) is 0 Å². The number of nitrogens with one attached hydrogen (secondary N) is 3. The van der Waals surface area contributed by atoms with Gasteiger partial charge in [0.1, 0.15) is 11.4 Å². The fourth-order valence-corrected chi connectivity index (χ4v) is 5.31. The lowest BCUT2D eigenvalue weighted by atomic mass is 9.85. The summed E-state index contributed by atoms with van der Waals surface area (Å²) in [5.74, 6) is -0.449. The SMILES string of the molecule is CC(C)(C)OC(=O)N[C@H]1CCC[C@@H](C(=O)NC2Nc3ccc4cc(F)ccc4c3S2)C1. The van der Waals surface area contributed by atoms with Gasteiger partial charge < -0.3 is 20.7 Å². The van der Waals surface area contributed by atoms with Crippen LogP contribution in [0.1, 0.15) is 46.5 Å². The Morgan fingerprint density at radius 3 is 2.74 bits per heavy atom. The Balaban J connectivity index is 1.35. The molecule has 0 saturated heterocycles. The standard InChI is InChI=1S/C23H28FN3O3S/c1-23(2,3)30-22(29)25-16-6-4-5-14(12-16)20(28)27-21-26-18-10-7-13-11-15(24)8-9-17(13)19(18)31-21/h7-11,14,16,21,26H,4-6,12H2,1-3H3,(H,25,29)(H,27,28)/t14-,16+,21?/m1/s1. The summed E-state index contributed by atoms with van der Waals surface area (Å²) in [4.78, 5) is 26.0. The lowest BCUT2D eigenvalue weighted by Gasteiger charge is -2.30. The number of thioether (sulfide) groups is 1. The quantitative estimate of drug-likeness (QED) is 0.621. The van der Waals surface area contributed by atoms with Gasteiger partial charge >= 0.3 is 6.09 Å². The lowest BCUT2D eigenvalue weighted by Crippen LogP contribution is -2.46. The predicted octanol–water partition coefficient (Wildman–Crippen LogP) is 4.98. The van der Waals surface area contributed by atoms with E-state index in [1.165, 1.54) is 23.9 Å². The minimum Gasteiger partial charge on any atom is -0.444 e. The van der Waals surface area contributed by atoms with Crippen molar-refractivity contribution in [1.82, 2.24) is 10.6 Å². The maximum atomic E-state index is 13.5. The average molecular weight is 446 g/mol. The van der Waals surface area contributed by atoms with Gasteiger partial charge in [0, 0.05) is 16.9 Å². The topological polar surface area (TPSA) is 79.5 Å². The van der Waals surface area contributed by atoms with Crippen LogP contribution >= 0.6 is 11.8 Å². The smallest absolute Gasteiger partial charge is 0.407 e. The third kappa shape index (κ3) is 5.23. The van der Waals surface area contributed by atoms with E-state index < -0.39 is 11.7 Å². The number of hydrogen-bond donors (Lipinski definition) is 3. The van der Waals surface area contributed by atoms with Crippen molar-refractivity contribution in [2.24, 2.45) is 5.92 Å². The molecule has 1 heterocycles. The molecule has 1 unspecified atom stereocenters. The van der Waals surface area contributed by atoms with Gasteiger partial charge in [0.2, 0.25) is 5.91 Å². The van der Waals surface area contributed by atoms with Crippen molar-refractivity contribution in [3.05, 3.63) is 36.1 Å². The van der Waals surface area contributed by atoms with Crippen LogP contribution in [-0.4, -0.2) is 29.1 Å². The number of rotatable bonds is 3. The normalized spacial score (nSPS) is 23.0. The highest BCUT2D eigenvalue weighted by molar-refractivity contribution is 8.00. The Kier molecular flexibility index (Phi) is 6.01. The maximum Gasteiger partial charge on any atom is 0.407 e. The van der Waals surface area contributed by atoms with Gasteiger partial charge in [-0.05, 0) is 69.0 Å². The zero-order valence-corrected chi connectivity index (χ0v) is 18.8. The highest BCUT2D eigenvalue weighted by Gasteiger charge is 2.32. The summed E-state index contributed by atoms with van der Waals surface area (Å²) < 4.78 is 18.9. The van der Waals surface area contributed by atoms with Crippen LogP contribution in [0.2, 0.25) is 0 Å². The molecule has 0 radical (unpaired) electrons.